The molecule has 0 fully saturated rings. The lowest BCUT2D eigenvalue weighted by molar-refractivity contribution is 0.0953. The van der Waals surface area contributed by atoms with Crippen LogP contribution in [0.1, 0.15) is 48.7 Å². The predicted octanol–water partition coefficient (Wildman–Crippen LogP) is 4.52. The fourth-order valence-electron chi connectivity index (χ4n) is 2.75. The molecule has 1 heterocycles. The van der Waals surface area contributed by atoms with Crippen LogP contribution in [0.4, 0.5) is 0 Å². The average Bonchev–Trinajstić information content (AvgIpc) is 2.99. The Bertz CT molecular complexity index is 1120. The Balaban J connectivity index is 2.04. The van der Waals surface area contributed by atoms with Crippen molar-refractivity contribution in [2.24, 2.45) is 4.99 Å². The fraction of sp³-hybridized carbons (Fsp3) is 0.227. The van der Waals surface area contributed by atoms with Crippen LogP contribution in [-0.4, -0.2) is 16.4 Å². The molecular weight excluding hydrogens is 356 g/mol. The molecule has 3 aromatic rings. The Labute approximate surface area is 162 Å². The second-order valence-corrected chi connectivity index (χ2v) is 7.65. The van der Waals surface area contributed by atoms with Crippen LogP contribution < -0.4 is 4.80 Å². The molecule has 0 atom stereocenters. The summed E-state index contributed by atoms with van der Waals surface area (Å²) in [5, 5.41) is 1.84. The van der Waals surface area contributed by atoms with Gasteiger partial charge in [-0.3, -0.25) is 14.2 Å². The summed E-state index contributed by atoms with van der Waals surface area (Å²) in [5.74, 6) is -0.523. The molecular formula is C22H22N2O2S. The van der Waals surface area contributed by atoms with Crippen molar-refractivity contribution in [2.45, 2.75) is 34.6 Å². The average molecular weight is 378 g/mol. The third-order valence-corrected chi connectivity index (χ3v) is 5.73. The summed E-state index contributed by atoms with van der Waals surface area (Å²) in [6.07, 6.45) is 0. The largest absolute Gasteiger partial charge is 0.279 e. The number of nitrogens with zero attached hydrogens (tertiary/aromatic N) is 2. The SMILES string of the molecule is Cc1ccc(C(=O)N=c2scc(C)n2C(=O)c2ccc(C)c(C)c2)cc1C. The molecule has 0 saturated carbocycles. The summed E-state index contributed by atoms with van der Waals surface area (Å²) < 4.78 is 1.51. The number of carbonyl (C=O) groups excluding carboxylic acids is 2. The van der Waals surface area contributed by atoms with Crippen molar-refractivity contribution in [3.8, 4) is 0 Å². The Kier molecular flexibility index (Phi) is 5.24. The van der Waals surface area contributed by atoms with Gasteiger partial charge in [0.15, 0.2) is 4.80 Å². The van der Waals surface area contributed by atoms with E-state index in [-0.39, 0.29) is 11.8 Å². The van der Waals surface area contributed by atoms with E-state index >= 15 is 0 Å². The highest BCUT2D eigenvalue weighted by molar-refractivity contribution is 7.07. The van der Waals surface area contributed by atoms with Crippen LogP contribution in [0, 0.1) is 34.6 Å². The summed E-state index contributed by atoms with van der Waals surface area (Å²) in [6.45, 7) is 9.79. The molecule has 0 radical (unpaired) electrons. The van der Waals surface area contributed by atoms with Gasteiger partial charge in [-0.2, -0.15) is 4.99 Å². The minimum Gasteiger partial charge on any atom is -0.268 e. The van der Waals surface area contributed by atoms with E-state index in [0.717, 1.165) is 27.9 Å². The summed E-state index contributed by atoms with van der Waals surface area (Å²) in [5.41, 5.74) is 6.22. The number of benzene rings is 2. The van der Waals surface area contributed by atoms with Gasteiger partial charge >= 0.3 is 0 Å². The molecule has 0 spiro atoms. The third kappa shape index (κ3) is 3.83. The molecule has 0 aliphatic rings. The van der Waals surface area contributed by atoms with Crippen molar-refractivity contribution >= 4 is 23.2 Å². The topological polar surface area (TPSA) is 51.4 Å². The molecule has 3 rings (SSSR count). The van der Waals surface area contributed by atoms with E-state index in [9.17, 15) is 9.59 Å². The van der Waals surface area contributed by atoms with Gasteiger partial charge in [0.25, 0.3) is 11.8 Å². The van der Waals surface area contributed by atoms with Crippen molar-refractivity contribution < 1.29 is 9.59 Å². The molecule has 0 aliphatic carbocycles. The van der Waals surface area contributed by atoms with Gasteiger partial charge in [0.2, 0.25) is 0 Å². The quantitative estimate of drug-likeness (QED) is 0.658. The zero-order chi connectivity index (χ0) is 19.7. The lowest BCUT2D eigenvalue weighted by Gasteiger charge is -2.07. The molecule has 27 heavy (non-hydrogen) atoms. The number of amides is 1. The number of carbonyl (C=O) groups is 2. The van der Waals surface area contributed by atoms with E-state index in [1.807, 2.05) is 70.3 Å². The van der Waals surface area contributed by atoms with Crippen LogP contribution in [0.3, 0.4) is 0 Å². The van der Waals surface area contributed by atoms with Crippen molar-refractivity contribution in [2.75, 3.05) is 0 Å². The van der Waals surface area contributed by atoms with Crippen LogP contribution >= 0.6 is 11.3 Å². The molecule has 4 nitrogen and oxygen atoms in total. The van der Waals surface area contributed by atoms with Crippen LogP contribution in [-0.2, 0) is 0 Å². The van der Waals surface area contributed by atoms with Crippen molar-refractivity contribution in [3.63, 3.8) is 0 Å². The minimum absolute atomic E-state index is 0.177. The van der Waals surface area contributed by atoms with E-state index < -0.39 is 0 Å². The molecule has 0 unspecified atom stereocenters. The van der Waals surface area contributed by atoms with Crippen molar-refractivity contribution in [1.29, 1.82) is 0 Å². The number of rotatable bonds is 2. The standard InChI is InChI=1S/C22H22N2O2S/c1-13-6-8-18(10-15(13)3)20(25)23-22-24(17(5)12-27-22)21(26)19-9-7-14(2)16(4)11-19/h6-12H,1-5H3. The summed E-state index contributed by atoms with van der Waals surface area (Å²) in [7, 11) is 0. The van der Waals surface area contributed by atoms with E-state index in [1.165, 1.54) is 15.9 Å². The second kappa shape index (κ2) is 7.45. The highest BCUT2D eigenvalue weighted by Crippen LogP contribution is 2.13. The number of aryl methyl sites for hydroxylation is 5. The molecule has 138 valence electrons. The molecule has 0 saturated heterocycles. The van der Waals surface area contributed by atoms with E-state index in [4.69, 9.17) is 0 Å². The van der Waals surface area contributed by atoms with Gasteiger partial charge < -0.3 is 0 Å². The highest BCUT2D eigenvalue weighted by Gasteiger charge is 2.15. The number of thiazole rings is 1. The van der Waals surface area contributed by atoms with E-state index in [1.54, 1.807) is 6.07 Å². The summed E-state index contributed by atoms with van der Waals surface area (Å²) >= 11 is 1.29. The first kappa shape index (κ1) is 19.0. The maximum atomic E-state index is 13.0. The lowest BCUT2D eigenvalue weighted by Crippen LogP contribution is -2.26. The number of hydrogen-bond donors (Lipinski definition) is 0. The zero-order valence-electron chi connectivity index (χ0n) is 16.2. The lowest BCUT2D eigenvalue weighted by atomic mass is 10.1. The first-order valence-electron chi connectivity index (χ1n) is 8.73. The molecule has 1 aromatic heterocycles. The van der Waals surface area contributed by atoms with Gasteiger partial charge in [0, 0.05) is 22.2 Å². The van der Waals surface area contributed by atoms with Gasteiger partial charge in [0.1, 0.15) is 0 Å². The molecule has 2 aromatic carbocycles. The highest BCUT2D eigenvalue weighted by atomic mass is 32.1. The normalized spacial score (nSPS) is 11.7. The third-order valence-electron chi connectivity index (χ3n) is 4.79. The maximum absolute atomic E-state index is 13.0. The molecule has 1 amide bonds. The van der Waals surface area contributed by atoms with Gasteiger partial charge in [-0.1, -0.05) is 12.1 Å². The Hall–Kier alpha value is -2.79. The monoisotopic (exact) mass is 378 g/mol. The van der Waals surface area contributed by atoms with Crippen LogP contribution in [0.2, 0.25) is 0 Å². The molecule has 0 bridgehead atoms. The van der Waals surface area contributed by atoms with Gasteiger partial charge in [-0.05, 0) is 81.1 Å². The summed E-state index contributed by atoms with van der Waals surface area (Å²) in [6, 6.07) is 11.1. The van der Waals surface area contributed by atoms with E-state index in [0.29, 0.717) is 15.9 Å². The van der Waals surface area contributed by atoms with Crippen LogP contribution in [0.15, 0.2) is 46.8 Å². The molecule has 0 aliphatic heterocycles. The summed E-state index contributed by atoms with van der Waals surface area (Å²) in [4.78, 5) is 30.3. The number of aromatic nitrogens is 1. The van der Waals surface area contributed by atoms with Crippen LogP contribution in [0.5, 0.6) is 0 Å². The van der Waals surface area contributed by atoms with Crippen molar-refractivity contribution in [1.82, 2.24) is 4.57 Å². The first-order chi connectivity index (χ1) is 12.8. The smallest absolute Gasteiger partial charge is 0.268 e. The second-order valence-electron chi connectivity index (χ2n) is 6.82. The van der Waals surface area contributed by atoms with Gasteiger partial charge in [-0.15, -0.1) is 11.3 Å². The Morgan fingerprint density at radius 2 is 1.37 bits per heavy atom. The van der Waals surface area contributed by atoms with Crippen molar-refractivity contribution in [3.05, 3.63) is 85.7 Å². The Morgan fingerprint density at radius 1 is 0.815 bits per heavy atom. The fourth-order valence-corrected chi connectivity index (χ4v) is 3.60. The Morgan fingerprint density at radius 3 is 1.96 bits per heavy atom. The first-order valence-corrected chi connectivity index (χ1v) is 9.61. The van der Waals surface area contributed by atoms with Gasteiger partial charge in [-0.25, -0.2) is 0 Å². The molecule has 0 N–H and O–H groups in total. The number of hydrogen-bond acceptors (Lipinski definition) is 3. The zero-order valence-corrected chi connectivity index (χ0v) is 17.0. The van der Waals surface area contributed by atoms with E-state index in [2.05, 4.69) is 4.99 Å². The minimum atomic E-state index is -0.346. The van der Waals surface area contributed by atoms with Gasteiger partial charge in [0.05, 0.1) is 0 Å². The van der Waals surface area contributed by atoms with Crippen LogP contribution in [0.25, 0.3) is 0 Å². The predicted molar refractivity (Wildman–Crippen MR) is 109 cm³/mol. The molecule has 5 heteroatoms. The maximum Gasteiger partial charge on any atom is 0.279 e.